The lowest BCUT2D eigenvalue weighted by Crippen LogP contribution is -2.60. The van der Waals surface area contributed by atoms with E-state index in [1.54, 1.807) is 18.1 Å². The third kappa shape index (κ3) is 4.26. The van der Waals surface area contributed by atoms with Crippen LogP contribution in [0.4, 0.5) is 0 Å². The summed E-state index contributed by atoms with van der Waals surface area (Å²) >= 11 is 0. The Balaban J connectivity index is 1.80. The number of carbonyl (C=O) groups is 1. The average Bonchev–Trinajstić information content (AvgIpc) is 2.69. The Morgan fingerprint density at radius 2 is 1.96 bits per heavy atom. The first-order valence-corrected chi connectivity index (χ1v) is 10.7. The van der Waals surface area contributed by atoms with Gasteiger partial charge in [0.05, 0.1) is 13.2 Å². The molecule has 9 heteroatoms. The summed E-state index contributed by atoms with van der Waals surface area (Å²) in [6.07, 6.45) is 0.385. The zero-order valence-corrected chi connectivity index (χ0v) is 16.9. The van der Waals surface area contributed by atoms with Crippen LogP contribution in [0.2, 0.25) is 0 Å². The normalized spacial score (nSPS) is 26.7. The highest BCUT2D eigenvalue weighted by Gasteiger charge is 2.42. The summed E-state index contributed by atoms with van der Waals surface area (Å²) in [7, 11) is -0.705. The van der Waals surface area contributed by atoms with Gasteiger partial charge in [-0.25, -0.2) is 0 Å². The molecule has 2 saturated heterocycles. The summed E-state index contributed by atoms with van der Waals surface area (Å²) in [4.78, 5) is 17.2. The van der Waals surface area contributed by atoms with Crippen molar-refractivity contribution in [2.24, 2.45) is 0 Å². The number of amides is 1. The van der Waals surface area contributed by atoms with Crippen molar-refractivity contribution in [3.63, 3.8) is 0 Å². The number of benzene rings is 1. The zero-order chi connectivity index (χ0) is 19.6. The lowest BCUT2D eigenvalue weighted by Gasteiger charge is -2.41. The molecule has 3 rings (SSSR count). The van der Waals surface area contributed by atoms with Crippen LogP contribution in [0.25, 0.3) is 0 Å². The van der Waals surface area contributed by atoms with Gasteiger partial charge in [0.15, 0.2) is 0 Å². The fraction of sp³-hybridized carbons (Fsp3) is 0.611. The molecule has 1 aromatic rings. The van der Waals surface area contributed by atoms with Gasteiger partial charge in [0.2, 0.25) is 5.91 Å². The zero-order valence-electron chi connectivity index (χ0n) is 16.1. The summed E-state index contributed by atoms with van der Waals surface area (Å²) in [5.74, 6) is 0.537. The second kappa shape index (κ2) is 8.14. The molecular weight excluding hydrogens is 368 g/mol. The summed E-state index contributed by atoms with van der Waals surface area (Å²) < 4.78 is 34.3. The Kier molecular flexibility index (Phi) is 6.05. The van der Waals surface area contributed by atoms with Gasteiger partial charge in [0, 0.05) is 33.2 Å². The van der Waals surface area contributed by atoms with Crippen LogP contribution in [0.1, 0.15) is 24.9 Å². The second-order valence-corrected chi connectivity index (χ2v) is 8.74. The van der Waals surface area contributed by atoms with Crippen LogP contribution < -0.4 is 9.46 Å². The number of rotatable bonds is 4. The van der Waals surface area contributed by atoms with E-state index in [0.29, 0.717) is 25.3 Å². The third-order valence-electron chi connectivity index (χ3n) is 5.48. The molecule has 1 amide bonds. The van der Waals surface area contributed by atoms with E-state index in [9.17, 15) is 13.2 Å². The van der Waals surface area contributed by atoms with E-state index >= 15 is 0 Å². The van der Waals surface area contributed by atoms with Crippen LogP contribution in [0.5, 0.6) is 5.75 Å². The van der Waals surface area contributed by atoms with Gasteiger partial charge < -0.3 is 14.5 Å². The number of nitrogens with zero attached hydrogens (tertiary/aromatic N) is 3. The number of ether oxygens (including phenoxy) is 1. The molecule has 0 aliphatic carbocycles. The first-order chi connectivity index (χ1) is 12.9. The molecule has 0 aromatic heterocycles. The fourth-order valence-corrected chi connectivity index (χ4v) is 4.93. The first-order valence-electron chi connectivity index (χ1n) is 9.26. The third-order valence-corrected chi connectivity index (χ3v) is 7.08. The predicted octanol–water partition coefficient (Wildman–Crippen LogP) is 0.439. The molecule has 27 heavy (non-hydrogen) atoms. The molecule has 8 nitrogen and oxygen atoms in total. The van der Waals surface area contributed by atoms with Gasteiger partial charge in [0.25, 0.3) is 10.2 Å². The molecule has 150 valence electrons. The lowest BCUT2D eigenvalue weighted by atomic mass is 9.98. The maximum Gasteiger partial charge on any atom is 0.280 e. The van der Waals surface area contributed by atoms with Crippen molar-refractivity contribution in [1.82, 2.24) is 18.8 Å². The number of hydrogen-bond acceptors (Lipinski definition) is 5. The molecule has 0 unspecified atom stereocenters. The molecule has 2 aliphatic rings. The summed E-state index contributed by atoms with van der Waals surface area (Å²) in [5.41, 5.74) is 0.791. The number of carbonyl (C=O) groups excluding carboxylic acids is 1. The minimum Gasteiger partial charge on any atom is -0.497 e. The summed E-state index contributed by atoms with van der Waals surface area (Å²) in [5, 5.41) is 0. The SMILES string of the molecule is CCN1CCN(C(=O)[C@@H]2C[C@@H](c3cccc(OC)c3)NS(=O)(=O)N2C)CC1. The maximum absolute atomic E-state index is 13.1. The van der Waals surface area contributed by atoms with Crippen molar-refractivity contribution in [3.8, 4) is 5.75 Å². The van der Waals surface area contributed by atoms with Crippen molar-refractivity contribution in [1.29, 1.82) is 0 Å². The molecular formula is C18H28N4O4S. The van der Waals surface area contributed by atoms with E-state index in [4.69, 9.17) is 4.74 Å². The van der Waals surface area contributed by atoms with E-state index in [0.717, 1.165) is 29.5 Å². The van der Waals surface area contributed by atoms with E-state index in [-0.39, 0.29) is 5.91 Å². The Labute approximate surface area is 161 Å². The molecule has 2 fully saturated rings. The number of methoxy groups -OCH3 is 1. The molecule has 1 N–H and O–H groups in total. The maximum atomic E-state index is 13.1. The number of nitrogens with one attached hydrogen (secondary N) is 1. The van der Waals surface area contributed by atoms with Gasteiger partial charge in [-0.15, -0.1) is 0 Å². The fourth-order valence-electron chi connectivity index (χ4n) is 3.66. The highest BCUT2D eigenvalue weighted by atomic mass is 32.2. The summed E-state index contributed by atoms with van der Waals surface area (Å²) in [6, 6.07) is 6.11. The van der Waals surface area contributed by atoms with Gasteiger partial charge >= 0.3 is 0 Å². The van der Waals surface area contributed by atoms with Crippen molar-refractivity contribution >= 4 is 16.1 Å². The Bertz CT molecular complexity index is 777. The van der Waals surface area contributed by atoms with E-state index in [1.807, 2.05) is 18.2 Å². The monoisotopic (exact) mass is 396 g/mol. The van der Waals surface area contributed by atoms with Crippen molar-refractivity contribution in [3.05, 3.63) is 29.8 Å². The average molecular weight is 397 g/mol. The highest BCUT2D eigenvalue weighted by molar-refractivity contribution is 7.87. The van der Waals surface area contributed by atoms with Crippen LogP contribution in [-0.4, -0.2) is 81.4 Å². The number of piperazine rings is 1. The van der Waals surface area contributed by atoms with Crippen LogP contribution in [0.3, 0.4) is 0 Å². The second-order valence-electron chi connectivity index (χ2n) is 6.98. The first kappa shape index (κ1) is 20.1. The van der Waals surface area contributed by atoms with Crippen LogP contribution in [-0.2, 0) is 15.0 Å². The number of hydrogen-bond donors (Lipinski definition) is 1. The standard InChI is InChI=1S/C18H28N4O4S/c1-4-21-8-10-22(11-9-21)18(23)17-13-16(19-27(24,25)20(17)2)14-6-5-7-15(12-14)26-3/h5-7,12,16-17,19H,4,8-11,13H2,1-3H3/t16-,17-/m0/s1. The Morgan fingerprint density at radius 3 is 2.59 bits per heavy atom. The molecule has 0 spiro atoms. The van der Waals surface area contributed by atoms with E-state index < -0.39 is 22.3 Å². The van der Waals surface area contributed by atoms with E-state index in [1.165, 1.54) is 7.05 Å². The summed E-state index contributed by atoms with van der Waals surface area (Å²) in [6.45, 7) is 5.97. The Morgan fingerprint density at radius 1 is 1.26 bits per heavy atom. The van der Waals surface area contributed by atoms with Gasteiger partial charge in [-0.05, 0) is 30.7 Å². The molecule has 2 atom stereocenters. The predicted molar refractivity (Wildman–Crippen MR) is 103 cm³/mol. The van der Waals surface area contributed by atoms with Crippen LogP contribution in [0.15, 0.2) is 24.3 Å². The molecule has 2 aliphatic heterocycles. The van der Waals surface area contributed by atoms with Gasteiger partial charge in [0.1, 0.15) is 11.8 Å². The minimum atomic E-state index is -3.74. The smallest absolute Gasteiger partial charge is 0.280 e. The minimum absolute atomic E-state index is 0.119. The molecule has 0 radical (unpaired) electrons. The largest absolute Gasteiger partial charge is 0.497 e. The van der Waals surface area contributed by atoms with Crippen LogP contribution >= 0.6 is 0 Å². The molecule has 0 bridgehead atoms. The molecule has 0 saturated carbocycles. The van der Waals surface area contributed by atoms with E-state index in [2.05, 4.69) is 16.5 Å². The van der Waals surface area contributed by atoms with Crippen molar-refractivity contribution in [2.45, 2.75) is 25.4 Å². The Hall–Kier alpha value is -1.68. The number of likely N-dealkylation sites (N-methyl/N-ethyl adjacent to an activating group) is 2. The van der Waals surface area contributed by atoms with Crippen molar-refractivity contribution in [2.75, 3.05) is 46.9 Å². The topological polar surface area (TPSA) is 82.2 Å². The molecule has 1 aromatic carbocycles. The quantitative estimate of drug-likeness (QED) is 0.799. The van der Waals surface area contributed by atoms with Gasteiger partial charge in [-0.1, -0.05) is 19.1 Å². The van der Waals surface area contributed by atoms with Crippen LogP contribution in [0, 0.1) is 0 Å². The van der Waals surface area contributed by atoms with Gasteiger partial charge in [-0.3, -0.25) is 4.79 Å². The molecule has 2 heterocycles. The van der Waals surface area contributed by atoms with Gasteiger partial charge in [-0.2, -0.15) is 17.4 Å². The van der Waals surface area contributed by atoms with Crippen molar-refractivity contribution < 1.29 is 17.9 Å². The lowest BCUT2D eigenvalue weighted by molar-refractivity contribution is -0.137. The highest BCUT2D eigenvalue weighted by Crippen LogP contribution is 2.30.